The van der Waals surface area contributed by atoms with Gasteiger partial charge in [0.05, 0.1) is 0 Å². The molecule has 0 amide bonds. The highest BCUT2D eigenvalue weighted by atomic mass is 14.9. The fourth-order valence-corrected chi connectivity index (χ4v) is 6.21. The van der Waals surface area contributed by atoms with Crippen LogP contribution in [0, 0.1) is 0 Å². The SMILES string of the molecule is CCC(C)(CC)c1ccc(-c2ccc(Nc3cccc(CCCCCCCCc4ccc5c(c4)CC5)c3)cc2)cc1. The third kappa shape index (κ3) is 7.70. The first-order valence-corrected chi connectivity index (χ1v) is 16.2. The van der Waals surface area contributed by atoms with Crippen molar-refractivity contribution in [2.24, 2.45) is 0 Å². The molecule has 1 heteroatoms. The van der Waals surface area contributed by atoms with Crippen LogP contribution in [0.1, 0.15) is 100.0 Å². The van der Waals surface area contributed by atoms with Gasteiger partial charge < -0.3 is 5.32 Å². The molecule has 41 heavy (non-hydrogen) atoms. The minimum atomic E-state index is 0.268. The molecule has 1 N–H and O–H groups in total. The van der Waals surface area contributed by atoms with Crippen LogP contribution in [0.15, 0.2) is 91.0 Å². The molecule has 0 bridgehead atoms. The van der Waals surface area contributed by atoms with Gasteiger partial charge in [0.15, 0.2) is 0 Å². The first-order chi connectivity index (χ1) is 20.1. The quantitative estimate of drug-likeness (QED) is 0.147. The first-order valence-electron chi connectivity index (χ1n) is 16.2. The van der Waals surface area contributed by atoms with Crippen LogP contribution in [0.5, 0.6) is 0 Å². The first kappa shape index (κ1) is 29.2. The molecule has 0 aromatic heterocycles. The monoisotopic (exact) mass is 543 g/mol. The molecule has 0 radical (unpaired) electrons. The molecule has 0 saturated heterocycles. The molecule has 5 rings (SSSR count). The summed E-state index contributed by atoms with van der Waals surface area (Å²) in [6.45, 7) is 6.95. The van der Waals surface area contributed by atoms with Gasteiger partial charge in [0, 0.05) is 11.4 Å². The molecule has 0 saturated carbocycles. The molecule has 214 valence electrons. The molecule has 0 fully saturated rings. The zero-order valence-electron chi connectivity index (χ0n) is 25.6. The lowest BCUT2D eigenvalue weighted by molar-refractivity contribution is 0.439. The number of anilines is 2. The Labute approximate surface area is 249 Å². The number of fused-ring (bicyclic) bond motifs is 1. The van der Waals surface area contributed by atoms with Crippen molar-refractivity contribution >= 4 is 11.4 Å². The number of benzene rings is 4. The van der Waals surface area contributed by atoms with Gasteiger partial charge in [-0.05, 0) is 120 Å². The van der Waals surface area contributed by atoms with E-state index in [2.05, 4.69) is 117 Å². The van der Waals surface area contributed by atoms with Gasteiger partial charge in [-0.15, -0.1) is 0 Å². The fourth-order valence-electron chi connectivity index (χ4n) is 6.21. The number of aryl methyl sites for hydroxylation is 4. The average Bonchev–Trinajstić information content (AvgIpc) is 3.00. The summed E-state index contributed by atoms with van der Waals surface area (Å²) >= 11 is 0. The van der Waals surface area contributed by atoms with Crippen molar-refractivity contribution in [3.63, 3.8) is 0 Å². The number of rotatable bonds is 15. The Morgan fingerprint density at radius 3 is 1.73 bits per heavy atom. The summed E-state index contributed by atoms with van der Waals surface area (Å²) in [6.07, 6.45) is 15.3. The zero-order chi connectivity index (χ0) is 28.5. The van der Waals surface area contributed by atoms with Crippen molar-refractivity contribution in [3.05, 3.63) is 119 Å². The fraction of sp³-hybridized carbons (Fsp3) is 0.400. The second-order valence-electron chi connectivity index (χ2n) is 12.5. The molecule has 0 spiro atoms. The normalized spacial score (nSPS) is 12.6. The largest absolute Gasteiger partial charge is 0.356 e. The zero-order valence-corrected chi connectivity index (χ0v) is 25.6. The maximum atomic E-state index is 3.62. The van der Waals surface area contributed by atoms with Crippen molar-refractivity contribution in [1.82, 2.24) is 0 Å². The van der Waals surface area contributed by atoms with E-state index in [0.29, 0.717) is 0 Å². The van der Waals surface area contributed by atoms with Gasteiger partial charge in [0.25, 0.3) is 0 Å². The molecular formula is C40H49N. The highest BCUT2D eigenvalue weighted by Gasteiger charge is 2.21. The topological polar surface area (TPSA) is 12.0 Å². The molecule has 4 aromatic rings. The molecule has 0 atom stereocenters. The van der Waals surface area contributed by atoms with Gasteiger partial charge in [0.2, 0.25) is 0 Å². The Bertz CT molecular complexity index is 1380. The summed E-state index contributed by atoms with van der Waals surface area (Å²) in [6, 6.07) is 34.1. The second kappa shape index (κ2) is 14.0. The van der Waals surface area contributed by atoms with Crippen LogP contribution >= 0.6 is 0 Å². The number of unbranched alkanes of at least 4 members (excludes halogenated alkanes) is 5. The Hall–Kier alpha value is -3.32. The maximum absolute atomic E-state index is 3.62. The van der Waals surface area contributed by atoms with Gasteiger partial charge in [-0.3, -0.25) is 0 Å². The summed E-state index contributed by atoms with van der Waals surface area (Å²) in [5.41, 5.74) is 12.7. The van der Waals surface area contributed by atoms with Crippen molar-refractivity contribution in [1.29, 1.82) is 0 Å². The van der Waals surface area contributed by atoms with Crippen LogP contribution in [-0.4, -0.2) is 0 Å². The Morgan fingerprint density at radius 1 is 0.561 bits per heavy atom. The van der Waals surface area contributed by atoms with Crippen molar-refractivity contribution in [3.8, 4) is 11.1 Å². The van der Waals surface area contributed by atoms with Crippen molar-refractivity contribution in [2.45, 2.75) is 103 Å². The molecule has 4 aromatic carbocycles. The molecule has 1 aliphatic rings. The van der Waals surface area contributed by atoms with E-state index in [1.54, 1.807) is 16.7 Å². The van der Waals surface area contributed by atoms with E-state index in [0.717, 1.165) is 12.1 Å². The predicted octanol–water partition coefficient (Wildman–Crippen LogP) is 11.4. The molecule has 0 unspecified atom stereocenters. The summed E-state index contributed by atoms with van der Waals surface area (Å²) in [5.74, 6) is 0. The Kier molecular flexibility index (Phi) is 9.99. The van der Waals surface area contributed by atoms with E-state index < -0.39 is 0 Å². The summed E-state index contributed by atoms with van der Waals surface area (Å²) in [7, 11) is 0. The lowest BCUT2D eigenvalue weighted by Crippen LogP contribution is -2.19. The van der Waals surface area contributed by atoms with Crippen molar-refractivity contribution < 1.29 is 0 Å². The number of nitrogens with one attached hydrogen (secondary N) is 1. The van der Waals surface area contributed by atoms with E-state index in [-0.39, 0.29) is 5.41 Å². The smallest absolute Gasteiger partial charge is 0.0386 e. The van der Waals surface area contributed by atoms with Crippen molar-refractivity contribution in [2.75, 3.05) is 5.32 Å². The van der Waals surface area contributed by atoms with Crippen LogP contribution in [-0.2, 0) is 31.1 Å². The lowest BCUT2D eigenvalue weighted by atomic mass is 9.77. The number of hydrogen-bond acceptors (Lipinski definition) is 1. The molecule has 1 aliphatic carbocycles. The minimum absolute atomic E-state index is 0.268. The summed E-state index contributed by atoms with van der Waals surface area (Å²) in [4.78, 5) is 0. The highest BCUT2D eigenvalue weighted by Crippen LogP contribution is 2.33. The summed E-state index contributed by atoms with van der Waals surface area (Å²) in [5, 5.41) is 3.62. The van der Waals surface area contributed by atoms with Gasteiger partial charge in [-0.2, -0.15) is 0 Å². The van der Waals surface area contributed by atoms with Gasteiger partial charge in [-0.25, -0.2) is 0 Å². The third-order valence-corrected chi connectivity index (χ3v) is 9.69. The van der Waals surface area contributed by atoms with Gasteiger partial charge >= 0.3 is 0 Å². The lowest BCUT2D eigenvalue weighted by Gasteiger charge is -2.27. The Balaban J connectivity index is 1.02. The van der Waals surface area contributed by atoms with Crippen LogP contribution in [0.4, 0.5) is 11.4 Å². The predicted molar refractivity (Wildman–Crippen MR) is 178 cm³/mol. The van der Waals surface area contributed by atoms with E-state index in [4.69, 9.17) is 0 Å². The standard InChI is InChI=1S/C40H49N/c1-4-40(3,5-2)37-25-21-33(22-26-37)34-23-27-38(28-24-34)41-39-16-12-15-31(30-39)13-10-8-6-7-9-11-14-32-17-18-35-19-20-36(35)29-32/h12,15-18,21-30,41H,4-11,13-14,19-20H2,1-3H3. The third-order valence-electron chi connectivity index (χ3n) is 9.69. The van der Waals surface area contributed by atoms with Crippen LogP contribution in [0.25, 0.3) is 11.1 Å². The molecule has 1 nitrogen and oxygen atoms in total. The Morgan fingerprint density at radius 2 is 1.15 bits per heavy atom. The van der Waals surface area contributed by atoms with E-state index in [9.17, 15) is 0 Å². The van der Waals surface area contributed by atoms with E-state index in [1.165, 1.54) is 98.6 Å². The minimum Gasteiger partial charge on any atom is -0.356 e. The molecular weight excluding hydrogens is 494 g/mol. The van der Waals surface area contributed by atoms with E-state index in [1.807, 2.05) is 0 Å². The van der Waals surface area contributed by atoms with Gasteiger partial charge in [0.1, 0.15) is 0 Å². The van der Waals surface area contributed by atoms with Crippen LogP contribution in [0.3, 0.4) is 0 Å². The average molecular weight is 544 g/mol. The summed E-state index contributed by atoms with van der Waals surface area (Å²) < 4.78 is 0. The second-order valence-corrected chi connectivity index (χ2v) is 12.5. The van der Waals surface area contributed by atoms with Crippen LogP contribution in [0.2, 0.25) is 0 Å². The van der Waals surface area contributed by atoms with Gasteiger partial charge in [-0.1, -0.05) is 113 Å². The molecule has 0 heterocycles. The number of hydrogen-bond donors (Lipinski definition) is 1. The van der Waals surface area contributed by atoms with Crippen LogP contribution < -0.4 is 5.32 Å². The maximum Gasteiger partial charge on any atom is 0.0386 e. The highest BCUT2D eigenvalue weighted by molar-refractivity contribution is 5.69. The van der Waals surface area contributed by atoms with E-state index >= 15 is 0 Å². The molecule has 0 aliphatic heterocycles.